The van der Waals surface area contributed by atoms with E-state index in [0.717, 1.165) is 0 Å². The third-order valence-corrected chi connectivity index (χ3v) is 1.96. The van der Waals surface area contributed by atoms with E-state index >= 15 is 0 Å². The van der Waals surface area contributed by atoms with Gasteiger partial charge in [-0.25, -0.2) is 9.18 Å². The van der Waals surface area contributed by atoms with Crippen LogP contribution in [0.3, 0.4) is 0 Å². The van der Waals surface area contributed by atoms with Gasteiger partial charge < -0.3 is 15.8 Å². The van der Waals surface area contributed by atoms with Crippen molar-refractivity contribution >= 4 is 22.6 Å². The average Bonchev–Trinajstić information content (AvgIpc) is 2.50. The molecular weight excluding hydrogens is 215 g/mol. The summed E-state index contributed by atoms with van der Waals surface area (Å²) in [4.78, 5) is 12.9. The van der Waals surface area contributed by atoms with Crippen LogP contribution < -0.4 is 5.73 Å². The number of fused-ring (bicyclic) bond motifs is 1. The summed E-state index contributed by atoms with van der Waals surface area (Å²) >= 11 is 0. The lowest BCUT2D eigenvalue weighted by molar-refractivity contribution is 0.255. The van der Waals surface area contributed by atoms with Crippen LogP contribution in [0.4, 0.5) is 14.9 Å². The lowest BCUT2D eigenvalue weighted by atomic mass is 10.2. The predicted molar refractivity (Wildman–Crippen MR) is 54.0 cm³/mol. The molecule has 0 aliphatic heterocycles. The van der Waals surface area contributed by atoms with E-state index in [0.29, 0.717) is 10.9 Å². The number of benzene rings is 1. The molecule has 2 amide bonds. The molecule has 6 nitrogen and oxygen atoms in total. The average molecular weight is 222 g/mol. The van der Waals surface area contributed by atoms with Crippen molar-refractivity contribution in [1.82, 2.24) is 4.98 Å². The van der Waals surface area contributed by atoms with Crippen molar-refractivity contribution in [2.75, 3.05) is 0 Å². The Hall–Kier alpha value is -2.44. The van der Waals surface area contributed by atoms with Crippen LogP contribution in [0.1, 0.15) is 0 Å². The number of aromatic nitrogens is 1. The molecule has 4 N–H and O–H groups in total. The topological polar surface area (TPSA) is 104 Å². The molecule has 2 aromatic rings. The normalized spacial score (nSPS) is 11.3. The number of primary amides is 1. The maximum atomic E-state index is 12.9. The Bertz CT molecular complexity index is 590. The highest BCUT2D eigenvalue weighted by Crippen LogP contribution is 2.35. The maximum absolute atomic E-state index is 12.9. The number of H-pyrrole nitrogens is 1. The fourth-order valence-electron chi connectivity index (χ4n) is 1.34. The van der Waals surface area contributed by atoms with Gasteiger partial charge in [-0.3, -0.25) is 0 Å². The second-order valence-electron chi connectivity index (χ2n) is 3.05. The number of carbonyl (C=O) groups is 1. The number of nitrogens with zero attached hydrogens (tertiary/aromatic N) is 2. The van der Waals surface area contributed by atoms with E-state index in [1.807, 2.05) is 0 Å². The van der Waals surface area contributed by atoms with Crippen LogP contribution in [0.5, 0.6) is 5.88 Å². The number of aromatic hydroxyl groups is 1. The highest BCUT2D eigenvalue weighted by Gasteiger charge is 2.10. The number of azo groups is 1. The van der Waals surface area contributed by atoms with Gasteiger partial charge in [0, 0.05) is 5.39 Å². The smallest absolute Gasteiger partial charge is 0.356 e. The third-order valence-electron chi connectivity index (χ3n) is 1.96. The van der Waals surface area contributed by atoms with Crippen LogP contribution in [0, 0.1) is 5.82 Å². The monoisotopic (exact) mass is 222 g/mol. The van der Waals surface area contributed by atoms with Gasteiger partial charge in [-0.05, 0) is 18.2 Å². The molecule has 0 bridgehead atoms. The Morgan fingerprint density at radius 2 is 2.25 bits per heavy atom. The van der Waals surface area contributed by atoms with Gasteiger partial charge in [-0.15, -0.1) is 5.11 Å². The van der Waals surface area contributed by atoms with E-state index in [-0.39, 0.29) is 11.6 Å². The van der Waals surface area contributed by atoms with E-state index in [4.69, 9.17) is 5.73 Å². The summed E-state index contributed by atoms with van der Waals surface area (Å²) in [6.45, 7) is 0. The van der Waals surface area contributed by atoms with Crippen LogP contribution >= 0.6 is 0 Å². The number of nitrogens with one attached hydrogen (secondary N) is 1. The number of rotatable bonds is 1. The van der Waals surface area contributed by atoms with Crippen molar-refractivity contribution in [3.8, 4) is 5.88 Å². The first kappa shape index (κ1) is 10.1. The minimum absolute atomic E-state index is 0.0498. The van der Waals surface area contributed by atoms with Gasteiger partial charge >= 0.3 is 6.03 Å². The summed E-state index contributed by atoms with van der Waals surface area (Å²) in [5, 5.41) is 16.5. The number of urea groups is 1. The van der Waals surface area contributed by atoms with Crippen LogP contribution in [0.2, 0.25) is 0 Å². The van der Waals surface area contributed by atoms with Gasteiger partial charge in [0.2, 0.25) is 5.88 Å². The summed E-state index contributed by atoms with van der Waals surface area (Å²) in [6, 6.07) is 2.84. The minimum Gasteiger partial charge on any atom is -0.493 e. The largest absolute Gasteiger partial charge is 0.493 e. The molecule has 0 saturated carbocycles. The van der Waals surface area contributed by atoms with Crippen LogP contribution in [-0.4, -0.2) is 16.1 Å². The van der Waals surface area contributed by atoms with Crippen molar-refractivity contribution in [3.63, 3.8) is 0 Å². The molecule has 1 aromatic heterocycles. The van der Waals surface area contributed by atoms with Crippen molar-refractivity contribution in [3.05, 3.63) is 24.0 Å². The summed E-state index contributed by atoms with van der Waals surface area (Å²) in [6.07, 6.45) is 0. The van der Waals surface area contributed by atoms with Gasteiger partial charge in [0.25, 0.3) is 0 Å². The molecule has 0 aliphatic rings. The van der Waals surface area contributed by atoms with Gasteiger partial charge in [-0.2, -0.15) is 0 Å². The highest BCUT2D eigenvalue weighted by atomic mass is 19.1. The van der Waals surface area contributed by atoms with Crippen molar-refractivity contribution in [2.45, 2.75) is 0 Å². The van der Waals surface area contributed by atoms with Crippen molar-refractivity contribution in [2.24, 2.45) is 16.0 Å². The van der Waals surface area contributed by atoms with Crippen LogP contribution in [-0.2, 0) is 0 Å². The molecule has 0 saturated heterocycles. The number of aromatic amines is 1. The van der Waals surface area contributed by atoms with Crippen LogP contribution in [0.15, 0.2) is 28.4 Å². The summed E-state index contributed by atoms with van der Waals surface area (Å²) in [7, 11) is 0. The van der Waals surface area contributed by atoms with E-state index in [9.17, 15) is 14.3 Å². The molecule has 0 atom stereocenters. The maximum Gasteiger partial charge on any atom is 0.356 e. The van der Waals surface area contributed by atoms with Crippen molar-refractivity contribution in [1.29, 1.82) is 0 Å². The number of hydrogen-bond donors (Lipinski definition) is 3. The zero-order valence-electron chi connectivity index (χ0n) is 7.94. The first-order chi connectivity index (χ1) is 7.58. The quantitative estimate of drug-likeness (QED) is 0.643. The molecule has 16 heavy (non-hydrogen) atoms. The zero-order valence-corrected chi connectivity index (χ0v) is 7.94. The number of halogens is 1. The first-order valence-corrected chi connectivity index (χ1v) is 4.29. The summed E-state index contributed by atoms with van der Waals surface area (Å²) in [5.74, 6) is -0.752. The molecule has 7 heteroatoms. The molecular formula is C9H7FN4O2. The van der Waals surface area contributed by atoms with E-state index in [1.165, 1.54) is 18.2 Å². The third kappa shape index (κ3) is 1.70. The lowest BCUT2D eigenvalue weighted by Crippen LogP contribution is -2.01. The fourth-order valence-corrected chi connectivity index (χ4v) is 1.34. The highest BCUT2D eigenvalue weighted by molar-refractivity contribution is 5.94. The standard InChI is InChI=1S/C9H7FN4O2/c10-4-1-2-5-6(3-4)12-8(15)7(5)13-14-9(11)16/h1-3,12,15H,(H2,11,16). The molecule has 0 unspecified atom stereocenters. The summed E-state index contributed by atoms with van der Waals surface area (Å²) < 4.78 is 12.9. The predicted octanol–water partition coefficient (Wildman–Crippen LogP) is 2.17. The van der Waals surface area contributed by atoms with Crippen LogP contribution in [0.25, 0.3) is 10.9 Å². The van der Waals surface area contributed by atoms with Crippen molar-refractivity contribution < 1.29 is 14.3 Å². The molecule has 1 heterocycles. The fraction of sp³-hybridized carbons (Fsp3) is 0. The Kier molecular flexibility index (Phi) is 2.28. The SMILES string of the molecule is NC(=O)N=Nc1c(O)[nH]c2cc(F)ccc12. The molecule has 82 valence electrons. The minimum atomic E-state index is -0.976. The first-order valence-electron chi connectivity index (χ1n) is 4.29. The Balaban J connectivity index is 2.60. The zero-order chi connectivity index (χ0) is 11.7. The number of carbonyl (C=O) groups excluding carboxylic acids is 1. The van der Waals surface area contributed by atoms with Gasteiger partial charge in [0.1, 0.15) is 5.82 Å². The van der Waals surface area contributed by atoms with Gasteiger partial charge in [0.05, 0.1) is 5.52 Å². The molecule has 2 rings (SSSR count). The number of hydrogen-bond acceptors (Lipinski definition) is 3. The van der Waals surface area contributed by atoms with E-state index in [2.05, 4.69) is 15.2 Å². The molecule has 0 spiro atoms. The molecule has 1 aromatic carbocycles. The summed E-state index contributed by atoms with van der Waals surface area (Å²) in [5.41, 5.74) is 5.18. The van der Waals surface area contributed by atoms with Gasteiger partial charge in [-0.1, -0.05) is 5.11 Å². The van der Waals surface area contributed by atoms with E-state index < -0.39 is 11.8 Å². The second kappa shape index (κ2) is 3.61. The van der Waals surface area contributed by atoms with E-state index in [1.54, 1.807) is 0 Å². The number of nitrogens with two attached hydrogens (primary N) is 1. The second-order valence-corrected chi connectivity index (χ2v) is 3.05. The molecule has 0 radical (unpaired) electrons. The Labute approximate surface area is 88.6 Å². The molecule has 0 aliphatic carbocycles. The Morgan fingerprint density at radius 3 is 2.94 bits per heavy atom. The Morgan fingerprint density at radius 1 is 1.50 bits per heavy atom. The number of amides is 2. The molecule has 0 fully saturated rings. The van der Waals surface area contributed by atoms with Gasteiger partial charge in [0.15, 0.2) is 5.69 Å². The lowest BCUT2D eigenvalue weighted by Gasteiger charge is -1.90.